The van der Waals surface area contributed by atoms with Crippen molar-refractivity contribution >= 4 is 21.7 Å². The van der Waals surface area contributed by atoms with E-state index in [2.05, 4.69) is 52.8 Å². The lowest BCUT2D eigenvalue weighted by Crippen LogP contribution is -2.49. The van der Waals surface area contributed by atoms with E-state index >= 15 is 0 Å². The summed E-state index contributed by atoms with van der Waals surface area (Å²) in [4.78, 5) is 7.25. The van der Waals surface area contributed by atoms with E-state index in [1.54, 1.807) is 4.31 Å². The second-order valence-electron chi connectivity index (χ2n) is 8.07. The van der Waals surface area contributed by atoms with Crippen LogP contribution >= 0.6 is 0 Å². The standard InChI is InChI=1S/C21H35N5O2S/c1-3-22-21(23-17-18-9-15-26(16-10-18)29(2,27)28)24-19-11-13-25(14-12-19)20-7-5-4-6-8-20/h4-8,18-19H,3,9-17H2,1-2H3,(H2,22,23,24). The van der Waals surface area contributed by atoms with Gasteiger partial charge in [0.05, 0.1) is 6.26 Å². The maximum atomic E-state index is 11.7. The summed E-state index contributed by atoms with van der Waals surface area (Å²) in [6.07, 6.45) is 5.23. The van der Waals surface area contributed by atoms with Crippen LogP contribution in [0.5, 0.6) is 0 Å². The summed E-state index contributed by atoms with van der Waals surface area (Å²) in [5.41, 5.74) is 1.30. The molecule has 1 aromatic carbocycles. The molecule has 0 amide bonds. The van der Waals surface area contributed by atoms with Crippen LogP contribution in [-0.4, -0.2) is 70.2 Å². The minimum Gasteiger partial charge on any atom is -0.371 e. The average molecular weight is 422 g/mol. The van der Waals surface area contributed by atoms with E-state index in [9.17, 15) is 8.42 Å². The number of nitrogens with zero attached hydrogens (tertiary/aromatic N) is 3. The number of hydrogen-bond donors (Lipinski definition) is 2. The number of para-hydroxylation sites is 1. The Morgan fingerprint density at radius 3 is 2.31 bits per heavy atom. The highest BCUT2D eigenvalue weighted by Crippen LogP contribution is 2.20. The smallest absolute Gasteiger partial charge is 0.211 e. The molecule has 2 N–H and O–H groups in total. The van der Waals surface area contributed by atoms with Crippen molar-refractivity contribution in [3.05, 3.63) is 30.3 Å². The highest BCUT2D eigenvalue weighted by molar-refractivity contribution is 7.88. The van der Waals surface area contributed by atoms with Gasteiger partial charge in [0.2, 0.25) is 10.0 Å². The topological polar surface area (TPSA) is 77.0 Å². The highest BCUT2D eigenvalue weighted by Gasteiger charge is 2.25. The van der Waals surface area contributed by atoms with Crippen molar-refractivity contribution in [3.8, 4) is 0 Å². The van der Waals surface area contributed by atoms with Crippen molar-refractivity contribution < 1.29 is 8.42 Å². The lowest BCUT2D eigenvalue weighted by molar-refractivity contribution is 0.280. The van der Waals surface area contributed by atoms with E-state index < -0.39 is 10.0 Å². The van der Waals surface area contributed by atoms with Gasteiger partial charge in [-0.1, -0.05) is 18.2 Å². The van der Waals surface area contributed by atoms with Gasteiger partial charge in [-0.05, 0) is 50.7 Å². The molecule has 2 aliphatic rings. The Bertz CT molecular complexity index is 753. The van der Waals surface area contributed by atoms with Crippen LogP contribution < -0.4 is 15.5 Å². The van der Waals surface area contributed by atoms with Crippen LogP contribution in [-0.2, 0) is 10.0 Å². The molecule has 0 aliphatic carbocycles. The molecule has 0 spiro atoms. The summed E-state index contributed by atoms with van der Waals surface area (Å²) in [5, 5.41) is 6.97. The third-order valence-corrected chi connectivity index (χ3v) is 7.15. The molecule has 0 radical (unpaired) electrons. The molecule has 1 aromatic rings. The zero-order valence-corrected chi connectivity index (χ0v) is 18.5. The molecule has 0 atom stereocenters. The lowest BCUT2D eigenvalue weighted by Gasteiger charge is -2.34. The van der Waals surface area contributed by atoms with Gasteiger partial charge in [0.1, 0.15) is 0 Å². The molecule has 0 aromatic heterocycles. The second kappa shape index (κ2) is 10.3. The Kier molecular flexibility index (Phi) is 7.77. The second-order valence-corrected chi connectivity index (χ2v) is 10.0. The molecule has 0 unspecified atom stereocenters. The maximum absolute atomic E-state index is 11.7. The van der Waals surface area contributed by atoms with Gasteiger partial charge in [0, 0.05) is 51.0 Å². The van der Waals surface area contributed by atoms with Crippen molar-refractivity contribution in [1.82, 2.24) is 14.9 Å². The van der Waals surface area contributed by atoms with Gasteiger partial charge in [-0.2, -0.15) is 0 Å². The summed E-state index contributed by atoms with van der Waals surface area (Å²) in [7, 11) is -3.06. The van der Waals surface area contributed by atoms with Crippen LogP contribution in [0, 0.1) is 5.92 Å². The molecule has 2 heterocycles. The zero-order chi connectivity index (χ0) is 20.7. The summed E-state index contributed by atoms with van der Waals surface area (Å²) in [6, 6.07) is 11.0. The van der Waals surface area contributed by atoms with Crippen molar-refractivity contribution in [3.63, 3.8) is 0 Å². The Morgan fingerprint density at radius 1 is 1.07 bits per heavy atom. The molecular weight excluding hydrogens is 386 g/mol. The van der Waals surface area contributed by atoms with Crippen molar-refractivity contribution in [2.24, 2.45) is 10.9 Å². The fourth-order valence-electron chi connectivity index (χ4n) is 4.08. The van der Waals surface area contributed by atoms with Gasteiger partial charge in [-0.3, -0.25) is 4.99 Å². The quantitative estimate of drug-likeness (QED) is 0.542. The normalized spacial score (nSPS) is 20.6. The SMILES string of the molecule is CCNC(=NCC1CCN(S(C)(=O)=O)CC1)NC1CCN(c2ccccc2)CC1. The molecular formula is C21H35N5O2S. The first-order valence-electron chi connectivity index (χ1n) is 10.8. The summed E-state index contributed by atoms with van der Waals surface area (Å²) >= 11 is 0. The van der Waals surface area contributed by atoms with Gasteiger partial charge in [-0.15, -0.1) is 0 Å². The Balaban J connectivity index is 1.46. The van der Waals surface area contributed by atoms with Crippen LogP contribution in [0.1, 0.15) is 32.6 Å². The molecule has 2 saturated heterocycles. The van der Waals surface area contributed by atoms with Gasteiger partial charge in [-0.25, -0.2) is 12.7 Å². The molecule has 0 saturated carbocycles. The molecule has 3 rings (SSSR count). The van der Waals surface area contributed by atoms with Gasteiger partial charge in [0.15, 0.2) is 5.96 Å². The summed E-state index contributed by atoms with van der Waals surface area (Å²) < 4.78 is 24.9. The van der Waals surface area contributed by atoms with Crippen molar-refractivity contribution in [2.45, 2.75) is 38.6 Å². The molecule has 7 nitrogen and oxygen atoms in total. The van der Waals surface area contributed by atoms with Gasteiger partial charge >= 0.3 is 0 Å². The van der Waals surface area contributed by atoms with E-state index in [1.807, 2.05) is 0 Å². The molecule has 2 fully saturated rings. The number of aliphatic imine (C=N–C) groups is 1. The fraction of sp³-hybridized carbons (Fsp3) is 0.667. The number of benzene rings is 1. The summed E-state index contributed by atoms with van der Waals surface area (Å²) in [5.74, 6) is 1.33. The van der Waals surface area contributed by atoms with E-state index in [1.165, 1.54) is 11.9 Å². The Morgan fingerprint density at radius 2 is 1.72 bits per heavy atom. The van der Waals surface area contributed by atoms with Crippen LogP contribution in [0.4, 0.5) is 5.69 Å². The number of nitrogens with one attached hydrogen (secondary N) is 2. The number of hydrogen-bond acceptors (Lipinski definition) is 4. The van der Waals surface area contributed by atoms with Gasteiger partial charge < -0.3 is 15.5 Å². The van der Waals surface area contributed by atoms with Crippen LogP contribution in [0.3, 0.4) is 0 Å². The largest absolute Gasteiger partial charge is 0.371 e. The fourth-order valence-corrected chi connectivity index (χ4v) is 4.95. The monoisotopic (exact) mass is 421 g/mol. The zero-order valence-electron chi connectivity index (χ0n) is 17.7. The van der Waals surface area contributed by atoms with Crippen LogP contribution in [0.25, 0.3) is 0 Å². The minimum absolute atomic E-state index is 0.430. The van der Waals surface area contributed by atoms with Crippen molar-refractivity contribution in [1.29, 1.82) is 0 Å². The predicted octanol–water partition coefficient (Wildman–Crippen LogP) is 1.88. The lowest BCUT2D eigenvalue weighted by atomic mass is 9.98. The average Bonchev–Trinajstić information content (AvgIpc) is 2.73. The maximum Gasteiger partial charge on any atom is 0.211 e. The third kappa shape index (κ3) is 6.60. The van der Waals surface area contributed by atoms with Crippen LogP contribution in [0.15, 0.2) is 35.3 Å². The first kappa shape index (κ1) is 21.9. The Hall–Kier alpha value is -1.80. The summed E-state index contributed by atoms with van der Waals surface area (Å²) in [6.45, 7) is 6.98. The van der Waals surface area contributed by atoms with E-state index in [0.717, 1.165) is 57.8 Å². The highest BCUT2D eigenvalue weighted by atomic mass is 32.2. The first-order valence-corrected chi connectivity index (χ1v) is 12.6. The molecule has 29 heavy (non-hydrogen) atoms. The van der Waals surface area contributed by atoms with Crippen LogP contribution in [0.2, 0.25) is 0 Å². The van der Waals surface area contributed by atoms with Gasteiger partial charge in [0.25, 0.3) is 0 Å². The molecule has 0 bridgehead atoms. The number of guanidine groups is 1. The predicted molar refractivity (Wildman–Crippen MR) is 120 cm³/mol. The Labute approximate surface area is 175 Å². The first-order chi connectivity index (χ1) is 14.0. The van der Waals surface area contributed by atoms with E-state index in [0.29, 0.717) is 25.0 Å². The number of piperidine rings is 2. The van der Waals surface area contributed by atoms with Crippen molar-refractivity contribution in [2.75, 3.05) is 50.4 Å². The number of sulfonamides is 1. The third-order valence-electron chi connectivity index (χ3n) is 5.85. The molecule has 2 aliphatic heterocycles. The number of rotatable bonds is 6. The molecule has 8 heteroatoms. The van der Waals surface area contributed by atoms with E-state index in [4.69, 9.17) is 4.99 Å². The minimum atomic E-state index is -3.06. The van der Waals surface area contributed by atoms with E-state index in [-0.39, 0.29) is 0 Å². The number of anilines is 1. The molecule has 162 valence electrons.